The van der Waals surface area contributed by atoms with Gasteiger partial charge in [-0.2, -0.15) is 0 Å². The van der Waals surface area contributed by atoms with Crippen LogP contribution in [-0.4, -0.2) is 29.2 Å². The van der Waals surface area contributed by atoms with Gasteiger partial charge in [-0.15, -0.1) is 9.24 Å². The van der Waals surface area contributed by atoms with E-state index in [0.717, 1.165) is 10.9 Å². The predicted molar refractivity (Wildman–Crippen MR) is 85.0 cm³/mol. The van der Waals surface area contributed by atoms with E-state index < -0.39 is 5.97 Å². The van der Waals surface area contributed by atoms with Crippen LogP contribution < -0.4 is 15.4 Å². The lowest BCUT2D eigenvalue weighted by atomic mass is 10.1. The maximum absolute atomic E-state index is 11.4. The summed E-state index contributed by atoms with van der Waals surface area (Å²) in [5, 5.41) is 13.9. The minimum atomic E-state index is -1.12. The van der Waals surface area contributed by atoms with Gasteiger partial charge in [0, 0.05) is 17.1 Å². The molecule has 21 heavy (non-hydrogen) atoms. The van der Waals surface area contributed by atoms with Crippen LogP contribution >= 0.6 is 20.8 Å². The summed E-state index contributed by atoms with van der Waals surface area (Å²) in [5.41, 5.74) is 1.84. The maximum atomic E-state index is 11.4. The molecule has 0 amide bonds. The van der Waals surface area contributed by atoms with Gasteiger partial charge in [0.25, 0.3) is 0 Å². The highest BCUT2D eigenvalue weighted by Crippen LogP contribution is 2.34. The van der Waals surface area contributed by atoms with Crippen LogP contribution in [0.5, 0.6) is 5.75 Å². The number of hydrogen-bond acceptors (Lipinski definition) is 4. The van der Waals surface area contributed by atoms with Crippen LogP contribution in [0.4, 0.5) is 5.69 Å². The first-order chi connectivity index (χ1) is 10.1. The Bertz CT molecular complexity index is 736. The van der Waals surface area contributed by atoms with Crippen molar-refractivity contribution in [3.63, 3.8) is 0 Å². The molecule has 0 spiro atoms. The summed E-state index contributed by atoms with van der Waals surface area (Å²) in [6, 6.07) is 7.15. The second-order valence-electron chi connectivity index (χ2n) is 4.54. The Morgan fingerprint density at radius 3 is 3.00 bits per heavy atom. The fourth-order valence-electron chi connectivity index (χ4n) is 2.18. The number of fused-ring (bicyclic) bond motifs is 1. The number of benzene rings is 1. The van der Waals surface area contributed by atoms with Crippen LogP contribution in [0.2, 0.25) is 5.02 Å². The Kier molecular flexibility index (Phi) is 3.70. The van der Waals surface area contributed by atoms with Crippen molar-refractivity contribution in [1.29, 1.82) is 0 Å². The number of carboxylic acids is 1. The number of ether oxygens (including phenoxy) is 1. The van der Waals surface area contributed by atoms with Crippen molar-refractivity contribution in [2.45, 2.75) is 0 Å². The number of rotatable bonds is 2. The smallest absolute Gasteiger partial charge is 0.358 e. The standard InChI is InChI=1S/C14H12ClN2O3P/c15-7-1-2-11(21)8(5-7)9-6-10-13(20-4-3-16-10)12(17-9)14(18)19/h1-2,5-6,16H,3-4,21H2,(H,18,19). The molecule has 1 aliphatic heterocycles. The molecule has 2 heterocycles. The molecule has 0 radical (unpaired) electrons. The zero-order valence-corrected chi connectivity index (χ0v) is 12.8. The molecular formula is C14H12ClN2O3P. The summed E-state index contributed by atoms with van der Waals surface area (Å²) in [5.74, 6) is -0.839. The summed E-state index contributed by atoms with van der Waals surface area (Å²) >= 11 is 6.02. The van der Waals surface area contributed by atoms with Gasteiger partial charge in [0.1, 0.15) is 6.61 Å². The summed E-state index contributed by atoms with van der Waals surface area (Å²) in [7, 11) is 2.59. The zero-order valence-electron chi connectivity index (χ0n) is 10.9. The number of halogens is 1. The van der Waals surface area contributed by atoms with Crippen LogP contribution in [0.15, 0.2) is 24.3 Å². The molecule has 1 aromatic heterocycles. The highest BCUT2D eigenvalue weighted by molar-refractivity contribution is 7.28. The summed E-state index contributed by atoms with van der Waals surface area (Å²) in [4.78, 5) is 15.6. The molecule has 3 rings (SSSR count). The molecule has 0 bridgehead atoms. The molecule has 0 saturated carbocycles. The second-order valence-corrected chi connectivity index (χ2v) is 5.60. The Morgan fingerprint density at radius 2 is 2.24 bits per heavy atom. The van der Waals surface area contributed by atoms with E-state index in [-0.39, 0.29) is 11.4 Å². The number of hydrogen-bond donors (Lipinski definition) is 2. The van der Waals surface area contributed by atoms with E-state index in [2.05, 4.69) is 19.5 Å². The number of pyridine rings is 1. The number of carbonyl (C=O) groups is 1. The SMILES string of the molecule is O=C(O)c1nc(-c2cc(Cl)ccc2P)cc2c1OCCN2. The fourth-order valence-corrected chi connectivity index (χ4v) is 2.68. The van der Waals surface area contributed by atoms with Crippen LogP contribution in [0.3, 0.4) is 0 Å². The summed E-state index contributed by atoms with van der Waals surface area (Å²) in [6.45, 7) is 1.04. The van der Waals surface area contributed by atoms with Crippen molar-refractivity contribution in [2.24, 2.45) is 0 Å². The number of anilines is 1. The van der Waals surface area contributed by atoms with Crippen molar-refractivity contribution < 1.29 is 14.6 Å². The van der Waals surface area contributed by atoms with Gasteiger partial charge in [0.15, 0.2) is 11.4 Å². The number of aromatic carboxylic acids is 1. The normalized spacial score (nSPS) is 13.0. The van der Waals surface area contributed by atoms with Gasteiger partial charge in [-0.3, -0.25) is 0 Å². The number of nitrogens with one attached hydrogen (secondary N) is 1. The molecule has 0 aliphatic carbocycles. The van der Waals surface area contributed by atoms with Crippen molar-refractivity contribution in [3.8, 4) is 17.0 Å². The minimum absolute atomic E-state index is 0.0981. The third kappa shape index (κ3) is 2.67. The van der Waals surface area contributed by atoms with Crippen LogP contribution in [0, 0.1) is 0 Å². The fraction of sp³-hybridized carbons (Fsp3) is 0.143. The van der Waals surface area contributed by atoms with E-state index in [1.54, 1.807) is 18.2 Å². The van der Waals surface area contributed by atoms with Gasteiger partial charge in [0.2, 0.25) is 0 Å². The molecule has 1 unspecified atom stereocenters. The topological polar surface area (TPSA) is 71.5 Å². The third-order valence-corrected chi connectivity index (χ3v) is 3.87. The average molecular weight is 323 g/mol. The molecule has 7 heteroatoms. The van der Waals surface area contributed by atoms with Gasteiger partial charge < -0.3 is 15.2 Å². The van der Waals surface area contributed by atoms with Crippen molar-refractivity contribution in [2.75, 3.05) is 18.5 Å². The Morgan fingerprint density at radius 1 is 1.43 bits per heavy atom. The molecule has 2 N–H and O–H groups in total. The molecule has 0 fully saturated rings. The average Bonchev–Trinajstić information content (AvgIpc) is 2.48. The van der Waals surface area contributed by atoms with E-state index in [1.165, 1.54) is 0 Å². The first-order valence-electron chi connectivity index (χ1n) is 6.26. The van der Waals surface area contributed by atoms with E-state index in [4.69, 9.17) is 16.3 Å². The van der Waals surface area contributed by atoms with Gasteiger partial charge >= 0.3 is 5.97 Å². The summed E-state index contributed by atoms with van der Waals surface area (Å²) in [6.07, 6.45) is 0. The maximum Gasteiger partial charge on any atom is 0.358 e. The van der Waals surface area contributed by atoms with Gasteiger partial charge in [-0.1, -0.05) is 17.7 Å². The van der Waals surface area contributed by atoms with Crippen LogP contribution in [0.1, 0.15) is 10.5 Å². The lowest BCUT2D eigenvalue weighted by Crippen LogP contribution is -2.21. The van der Waals surface area contributed by atoms with Crippen molar-refractivity contribution in [1.82, 2.24) is 4.98 Å². The van der Waals surface area contributed by atoms with E-state index >= 15 is 0 Å². The molecule has 1 atom stereocenters. The van der Waals surface area contributed by atoms with Crippen LogP contribution in [0.25, 0.3) is 11.3 Å². The van der Waals surface area contributed by atoms with E-state index in [0.29, 0.717) is 29.6 Å². The molecule has 5 nitrogen and oxygen atoms in total. The Labute approximate surface area is 128 Å². The molecule has 1 aliphatic rings. The summed E-state index contributed by atoms with van der Waals surface area (Å²) < 4.78 is 5.42. The van der Waals surface area contributed by atoms with Crippen molar-refractivity contribution >= 4 is 37.8 Å². The van der Waals surface area contributed by atoms with Gasteiger partial charge in [-0.25, -0.2) is 9.78 Å². The monoisotopic (exact) mass is 322 g/mol. The zero-order chi connectivity index (χ0) is 15.0. The van der Waals surface area contributed by atoms with Gasteiger partial charge in [0.05, 0.1) is 11.4 Å². The molecule has 108 valence electrons. The molecule has 0 saturated heterocycles. The molecule has 1 aromatic carbocycles. The number of nitrogens with zero attached hydrogens (tertiary/aromatic N) is 1. The first-order valence-corrected chi connectivity index (χ1v) is 7.22. The molecular weight excluding hydrogens is 311 g/mol. The van der Waals surface area contributed by atoms with E-state index in [9.17, 15) is 9.90 Å². The lowest BCUT2D eigenvalue weighted by molar-refractivity contribution is 0.0685. The van der Waals surface area contributed by atoms with Gasteiger partial charge in [-0.05, 0) is 23.5 Å². The Hall–Kier alpha value is -1.84. The molecule has 2 aromatic rings. The van der Waals surface area contributed by atoms with Crippen molar-refractivity contribution in [3.05, 3.63) is 35.0 Å². The largest absolute Gasteiger partial charge is 0.487 e. The highest BCUT2D eigenvalue weighted by Gasteiger charge is 2.23. The highest BCUT2D eigenvalue weighted by atomic mass is 35.5. The van der Waals surface area contributed by atoms with Crippen LogP contribution in [-0.2, 0) is 0 Å². The number of aromatic nitrogens is 1. The number of carboxylic acid groups (broad SMARTS) is 1. The Balaban J connectivity index is 2.22. The first kappa shape index (κ1) is 14.1. The third-order valence-electron chi connectivity index (χ3n) is 3.13. The predicted octanol–water partition coefficient (Wildman–Crippen LogP) is 2.40. The lowest BCUT2D eigenvalue weighted by Gasteiger charge is -2.21. The van der Waals surface area contributed by atoms with E-state index in [1.807, 2.05) is 6.07 Å². The second kappa shape index (κ2) is 5.51. The quantitative estimate of drug-likeness (QED) is 0.831. The minimum Gasteiger partial charge on any atom is -0.487 e.